The number of carbonyl (C=O) groups excluding carboxylic acids is 2. The van der Waals surface area contributed by atoms with Gasteiger partial charge in [0.05, 0.1) is 51.0 Å². The third-order valence-electron chi connectivity index (χ3n) is 6.01. The molecule has 0 atom stereocenters. The van der Waals surface area contributed by atoms with Gasteiger partial charge in [-0.05, 0) is 90.4 Å². The van der Waals surface area contributed by atoms with Crippen molar-refractivity contribution < 1.29 is 38.0 Å². The van der Waals surface area contributed by atoms with Gasteiger partial charge in [0.2, 0.25) is 11.5 Å². The molecule has 0 aliphatic heterocycles. The molecule has 0 aromatic heterocycles. The molecular formula is C33H42N2O8. The molecule has 0 unspecified atom stereocenters. The van der Waals surface area contributed by atoms with Crippen LogP contribution in [0, 0.1) is 6.92 Å². The molecule has 0 heterocycles. The van der Waals surface area contributed by atoms with Crippen molar-refractivity contribution in [1.82, 2.24) is 0 Å². The second-order valence-corrected chi connectivity index (χ2v) is 9.16. The minimum Gasteiger partial charge on any atom is -0.490 e. The molecule has 0 bridgehead atoms. The van der Waals surface area contributed by atoms with E-state index in [-0.39, 0.29) is 0 Å². The first kappa shape index (κ1) is 32.9. The minimum atomic E-state index is -0.414. The van der Waals surface area contributed by atoms with E-state index < -0.39 is 11.8 Å². The summed E-state index contributed by atoms with van der Waals surface area (Å²) in [5.41, 5.74) is 2.34. The Hall–Kier alpha value is -4.60. The van der Waals surface area contributed by atoms with Gasteiger partial charge in [-0.25, -0.2) is 0 Å². The number of ether oxygens (including phenoxy) is 6. The fourth-order valence-corrected chi connectivity index (χ4v) is 4.30. The number of aryl methyl sites for hydroxylation is 1. The van der Waals surface area contributed by atoms with Crippen molar-refractivity contribution in [2.75, 3.05) is 50.3 Å². The van der Waals surface area contributed by atoms with Crippen molar-refractivity contribution in [2.24, 2.45) is 0 Å². The van der Waals surface area contributed by atoms with Crippen LogP contribution in [0.1, 0.15) is 67.8 Å². The van der Waals surface area contributed by atoms with Crippen LogP contribution in [0.25, 0.3) is 0 Å². The van der Waals surface area contributed by atoms with Crippen LogP contribution in [0.15, 0.2) is 42.5 Å². The van der Waals surface area contributed by atoms with E-state index in [0.29, 0.717) is 96.6 Å². The summed E-state index contributed by atoms with van der Waals surface area (Å²) < 4.78 is 34.6. The van der Waals surface area contributed by atoms with Crippen molar-refractivity contribution >= 4 is 23.2 Å². The van der Waals surface area contributed by atoms with E-state index in [0.717, 1.165) is 5.56 Å². The van der Waals surface area contributed by atoms with Crippen LogP contribution in [-0.4, -0.2) is 51.5 Å². The van der Waals surface area contributed by atoms with Crippen LogP contribution in [0.2, 0.25) is 0 Å². The molecule has 0 saturated heterocycles. The van der Waals surface area contributed by atoms with Crippen LogP contribution in [0.4, 0.5) is 11.4 Å². The normalized spacial score (nSPS) is 10.5. The van der Waals surface area contributed by atoms with E-state index in [1.54, 1.807) is 36.4 Å². The first-order valence-electron chi connectivity index (χ1n) is 14.7. The minimum absolute atomic E-state index is 0.308. The molecule has 0 aliphatic carbocycles. The van der Waals surface area contributed by atoms with E-state index in [2.05, 4.69) is 10.6 Å². The Balaban J connectivity index is 1.96. The standard InChI is InChI=1S/C33H42N2O8/c1-8-38-26-17-22(18-27(39-9-2)30(26)42-12-5)32(36)34-24-15-14-21(7)16-25(24)35-33(37)23-19-28(40-10-3)31(43-13-6)29(20-23)41-11-4/h14-20H,8-13H2,1-7H3,(H,34,36)(H,35,37). The average molecular weight is 595 g/mol. The summed E-state index contributed by atoms with van der Waals surface area (Å²) in [5, 5.41) is 5.84. The zero-order chi connectivity index (χ0) is 31.4. The molecule has 232 valence electrons. The zero-order valence-corrected chi connectivity index (χ0v) is 26.1. The maximum absolute atomic E-state index is 13.5. The number of rotatable bonds is 16. The van der Waals surface area contributed by atoms with Gasteiger partial charge in [-0.15, -0.1) is 0 Å². The monoisotopic (exact) mass is 594 g/mol. The predicted molar refractivity (Wildman–Crippen MR) is 167 cm³/mol. The first-order chi connectivity index (χ1) is 20.8. The molecular weight excluding hydrogens is 552 g/mol. The molecule has 3 aromatic rings. The lowest BCUT2D eigenvalue weighted by Gasteiger charge is -2.18. The van der Waals surface area contributed by atoms with E-state index in [4.69, 9.17) is 28.4 Å². The maximum atomic E-state index is 13.5. The molecule has 3 rings (SSSR count). The summed E-state index contributed by atoms with van der Waals surface area (Å²) in [6.07, 6.45) is 0. The molecule has 43 heavy (non-hydrogen) atoms. The molecule has 10 nitrogen and oxygen atoms in total. The van der Waals surface area contributed by atoms with Crippen LogP contribution in [0.5, 0.6) is 34.5 Å². The summed E-state index contributed by atoms with van der Waals surface area (Å²) in [6.45, 7) is 15.4. The lowest BCUT2D eigenvalue weighted by atomic mass is 10.1. The highest BCUT2D eigenvalue weighted by Crippen LogP contribution is 2.41. The highest BCUT2D eigenvalue weighted by molar-refractivity contribution is 6.10. The number of hydrogen-bond donors (Lipinski definition) is 2. The number of hydrogen-bond acceptors (Lipinski definition) is 8. The van der Waals surface area contributed by atoms with Crippen LogP contribution >= 0.6 is 0 Å². The second kappa shape index (κ2) is 16.1. The zero-order valence-electron chi connectivity index (χ0n) is 26.1. The quantitative estimate of drug-likeness (QED) is 0.184. The first-order valence-corrected chi connectivity index (χ1v) is 14.7. The van der Waals surface area contributed by atoms with Gasteiger partial charge in [-0.2, -0.15) is 0 Å². The molecule has 0 aliphatic rings. The summed E-state index contributed by atoms with van der Waals surface area (Å²) in [4.78, 5) is 27.0. The summed E-state index contributed by atoms with van der Waals surface area (Å²) >= 11 is 0. The predicted octanol–water partition coefficient (Wildman–Crippen LogP) is 6.89. The van der Waals surface area contributed by atoms with E-state index in [1.807, 2.05) is 54.5 Å². The Morgan fingerprint density at radius 1 is 0.512 bits per heavy atom. The molecule has 0 saturated carbocycles. The van der Waals surface area contributed by atoms with Gasteiger partial charge in [0.15, 0.2) is 23.0 Å². The largest absolute Gasteiger partial charge is 0.490 e. The number of anilines is 2. The van der Waals surface area contributed by atoms with Crippen LogP contribution < -0.4 is 39.1 Å². The molecule has 2 amide bonds. The Labute approximate surface area is 253 Å². The van der Waals surface area contributed by atoms with Gasteiger partial charge in [-0.3, -0.25) is 9.59 Å². The average Bonchev–Trinajstić information content (AvgIpc) is 2.98. The van der Waals surface area contributed by atoms with Crippen molar-refractivity contribution in [3.8, 4) is 34.5 Å². The Bertz CT molecular complexity index is 1350. The van der Waals surface area contributed by atoms with E-state index >= 15 is 0 Å². The number of carbonyl (C=O) groups is 2. The molecule has 0 fully saturated rings. The van der Waals surface area contributed by atoms with E-state index in [1.165, 1.54) is 0 Å². The van der Waals surface area contributed by atoms with Gasteiger partial charge < -0.3 is 39.1 Å². The number of benzene rings is 3. The molecule has 0 radical (unpaired) electrons. The van der Waals surface area contributed by atoms with Crippen molar-refractivity contribution in [3.05, 3.63) is 59.2 Å². The van der Waals surface area contributed by atoms with Gasteiger partial charge in [0.1, 0.15) is 0 Å². The SMILES string of the molecule is CCOc1cc(C(=O)Nc2ccc(C)cc2NC(=O)c2cc(OCC)c(OCC)c(OCC)c2)cc(OCC)c1OCC. The second-order valence-electron chi connectivity index (χ2n) is 9.16. The third-order valence-corrected chi connectivity index (χ3v) is 6.01. The molecule has 10 heteroatoms. The molecule has 0 spiro atoms. The fraction of sp³-hybridized carbons (Fsp3) is 0.394. The third kappa shape index (κ3) is 8.47. The van der Waals surface area contributed by atoms with Crippen molar-refractivity contribution in [2.45, 2.75) is 48.5 Å². The Morgan fingerprint density at radius 3 is 1.21 bits per heavy atom. The Morgan fingerprint density at radius 2 is 0.860 bits per heavy atom. The van der Waals surface area contributed by atoms with Crippen LogP contribution in [-0.2, 0) is 0 Å². The lowest BCUT2D eigenvalue weighted by Crippen LogP contribution is -2.18. The maximum Gasteiger partial charge on any atom is 0.255 e. The van der Waals surface area contributed by atoms with Crippen molar-refractivity contribution in [3.63, 3.8) is 0 Å². The van der Waals surface area contributed by atoms with E-state index in [9.17, 15) is 9.59 Å². The van der Waals surface area contributed by atoms with Gasteiger partial charge in [0.25, 0.3) is 11.8 Å². The number of nitrogens with one attached hydrogen (secondary N) is 2. The Kier molecular flexibility index (Phi) is 12.4. The lowest BCUT2D eigenvalue weighted by molar-refractivity contribution is 0.101. The van der Waals surface area contributed by atoms with Gasteiger partial charge in [-0.1, -0.05) is 6.07 Å². The van der Waals surface area contributed by atoms with Gasteiger partial charge >= 0.3 is 0 Å². The topological polar surface area (TPSA) is 114 Å². The molecule has 2 N–H and O–H groups in total. The van der Waals surface area contributed by atoms with Crippen LogP contribution in [0.3, 0.4) is 0 Å². The highest BCUT2D eigenvalue weighted by Gasteiger charge is 2.21. The molecule has 3 aromatic carbocycles. The summed E-state index contributed by atoms with van der Waals surface area (Å²) in [6, 6.07) is 11.8. The highest BCUT2D eigenvalue weighted by atomic mass is 16.5. The summed E-state index contributed by atoms with van der Waals surface area (Å²) in [5.74, 6) is 1.69. The fourth-order valence-electron chi connectivity index (χ4n) is 4.30. The van der Waals surface area contributed by atoms with Crippen molar-refractivity contribution in [1.29, 1.82) is 0 Å². The number of amides is 2. The summed E-state index contributed by atoms with van der Waals surface area (Å²) in [7, 11) is 0. The smallest absolute Gasteiger partial charge is 0.255 e. The van der Waals surface area contributed by atoms with Gasteiger partial charge in [0, 0.05) is 11.1 Å².